The number of amides is 2. The number of anilines is 1. The number of ketones is 1. The molecule has 5 aromatic carbocycles. The summed E-state index contributed by atoms with van der Waals surface area (Å²) in [5, 5.41) is 36.3. The lowest BCUT2D eigenvalue weighted by Crippen LogP contribution is -2.61. The molecule has 0 spiro atoms. The van der Waals surface area contributed by atoms with E-state index in [2.05, 4.69) is 26.3 Å². The summed E-state index contributed by atoms with van der Waals surface area (Å²) in [6.45, 7) is 14.1. The number of Topliss-reactive ketones (excluding diaryl/α,β-unsaturated/α-hetero) is 1. The minimum Gasteiger partial charge on any atom is -0.507 e. The van der Waals surface area contributed by atoms with Crippen LogP contribution >= 0.6 is 0 Å². The highest BCUT2D eigenvalue weighted by molar-refractivity contribution is 7.89. The fourth-order valence-electron chi connectivity index (χ4n) is 14.6. The van der Waals surface area contributed by atoms with Crippen molar-refractivity contribution >= 4 is 60.2 Å². The fraction of sp³-hybridized carbons (Fsp3) is 0.451. The van der Waals surface area contributed by atoms with Crippen LogP contribution in [0.2, 0.25) is 0 Å². The Bertz CT molecular complexity index is 4640. The first kappa shape index (κ1) is 66.9. The molecule has 6 aliphatic heterocycles. The summed E-state index contributed by atoms with van der Waals surface area (Å²) in [7, 11) is -7.81. The van der Waals surface area contributed by atoms with Gasteiger partial charge in [-0.1, -0.05) is 31.1 Å². The largest absolute Gasteiger partial charge is 0.507 e. The molecule has 22 nitrogen and oxygen atoms in total. The molecule has 0 radical (unpaired) electrons. The molecule has 1 aromatic heterocycles. The van der Waals surface area contributed by atoms with Gasteiger partial charge >= 0.3 is 11.7 Å². The second-order valence-electron chi connectivity index (χ2n) is 26.8. The van der Waals surface area contributed by atoms with Gasteiger partial charge < -0.3 is 54.2 Å². The fourth-order valence-corrected chi connectivity index (χ4v) is 16.5. The number of phenolic OH excluding ortho intramolecular Hbond substituents is 1. The SMILES string of the molecule is CC(C)=CCc1cc(C(=O)Cc2c(O)c3ccc(O[C@@H]4OC(C)(C)[C@H](C)[C@@H](OC(N)=O)[C@H]4O)c(C)c3oc2=O)cc(CN(C)C(=O)CCCCCNS(=O)(=O)c2ccc(C3=c4cc5c6c(c4Oc4c3cc3c7c4CCCN7CCC3)CCC[N+]=6CCC5)c(S(=O)(=O)O)c2)c1O. The Morgan fingerprint density at radius 2 is 1.59 bits per heavy atom. The zero-order valence-electron chi connectivity index (χ0n) is 54.6. The van der Waals surface area contributed by atoms with E-state index in [9.17, 15) is 55.9 Å². The maximum Gasteiger partial charge on any atom is 0.404 e. The third-order valence-electron chi connectivity index (χ3n) is 19.8. The molecule has 7 N–H and O–H groups in total. The number of aryl methyl sites for hydroxylation is 3. The number of sulfonamides is 1. The lowest BCUT2D eigenvalue weighted by atomic mass is 9.82. The number of ether oxygens (including phenoxy) is 4. The molecule has 0 unspecified atom stereocenters. The summed E-state index contributed by atoms with van der Waals surface area (Å²) in [6.07, 6.45) is 4.70. The Hall–Kier alpha value is -8.13. The topological polar surface area (TPSA) is 315 Å². The number of benzene rings is 5. The minimum atomic E-state index is -5.03. The van der Waals surface area contributed by atoms with Gasteiger partial charge in [-0.25, -0.2) is 27.3 Å². The van der Waals surface area contributed by atoms with Crippen LogP contribution in [-0.2, 0) is 79.5 Å². The quantitative estimate of drug-likeness (QED) is 0.0107. The van der Waals surface area contributed by atoms with E-state index in [0.717, 1.165) is 122 Å². The number of aliphatic hydroxyl groups excluding tert-OH is 1. The number of carbonyl (C=O) groups is 3. The van der Waals surface area contributed by atoms with Crippen LogP contribution in [-0.4, -0.2) is 123 Å². The van der Waals surface area contributed by atoms with Crippen LogP contribution in [0.5, 0.6) is 28.7 Å². The molecular weight excluding hydrogens is 1260 g/mol. The van der Waals surface area contributed by atoms with Crippen molar-refractivity contribution in [2.75, 3.05) is 44.7 Å². The Labute approximate surface area is 551 Å². The summed E-state index contributed by atoms with van der Waals surface area (Å²) in [6, 6.07) is 13.9. The number of carbonyl (C=O) groups excluding carboxylic acids is 3. The van der Waals surface area contributed by atoms with Gasteiger partial charge in [0.25, 0.3) is 10.1 Å². The maximum absolute atomic E-state index is 14.2. The van der Waals surface area contributed by atoms with Gasteiger partial charge in [0, 0.05) is 120 Å². The van der Waals surface area contributed by atoms with Crippen LogP contribution in [0.25, 0.3) is 16.5 Å². The summed E-state index contributed by atoms with van der Waals surface area (Å²) < 4.78 is 102. The van der Waals surface area contributed by atoms with E-state index in [1.54, 1.807) is 34.7 Å². The lowest BCUT2D eigenvalue weighted by Gasteiger charge is -2.47. The molecule has 4 atom stereocenters. The molecule has 24 heteroatoms. The molecule has 0 bridgehead atoms. The zero-order chi connectivity index (χ0) is 67.7. The molecule has 12 rings (SSSR count). The molecular formula is C71H82N5O17S2+. The highest BCUT2D eigenvalue weighted by Crippen LogP contribution is 2.50. The van der Waals surface area contributed by atoms with Crippen molar-refractivity contribution in [3.63, 3.8) is 0 Å². The number of nitrogens with zero attached hydrogens (tertiary/aromatic N) is 3. The molecule has 0 aliphatic carbocycles. The highest BCUT2D eigenvalue weighted by Gasteiger charge is 2.51. The summed E-state index contributed by atoms with van der Waals surface area (Å²) in [5.41, 5.74) is 12.0. The summed E-state index contributed by atoms with van der Waals surface area (Å²) in [4.78, 5) is 56.3. The molecule has 95 heavy (non-hydrogen) atoms. The third-order valence-corrected chi connectivity index (χ3v) is 22.2. The lowest BCUT2D eigenvalue weighted by molar-refractivity contribution is -0.283. The van der Waals surface area contributed by atoms with Crippen molar-refractivity contribution in [3.05, 3.63) is 148 Å². The van der Waals surface area contributed by atoms with Crippen LogP contribution in [0.1, 0.15) is 152 Å². The van der Waals surface area contributed by atoms with E-state index in [-0.39, 0.29) is 87.0 Å². The second kappa shape index (κ2) is 26.1. The number of aromatic hydroxyl groups is 2. The smallest absolute Gasteiger partial charge is 0.404 e. The Morgan fingerprint density at radius 3 is 2.33 bits per heavy atom. The Kier molecular flexibility index (Phi) is 18.4. The van der Waals surface area contributed by atoms with Crippen molar-refractivity contribution in [1.82, 2.24) is 14.2 Å². The number of unbranched alkanes of at least 4 members (excludes halogenated alkanes) is 2. The summed E-state index contributed by atoms with van der Waals surface area (Å²) >= 11 is 0. The molecule has 6 aromatic rings. The van der Waals surface area contributed by atoms with E-state index < -0.39 is 84.7 Å². The van der Waals surface area contributed by atoms with Gasteiger partial charge in [0.2, 0.25) is 27.6 Å². The normalized spacial score (nSPS) is 19.4. The van der Waals surface area contributed by atoms with E-state index in [1.165, 1.54) is 52.3 Å². The second-order valence-corrected chi connectivity index (χ2v) is 30.0. The number of allylic oxidation sites excluding steroid dienone is 2. The number of primary amides is 1. The van der Waals surface area contributed by atoms with Crippen LogP contribution in [0.3, 0.4) is 0 Å². The van der Waals surface area contributed by atoms with Crippen LogP contribution < -0.4 is 45.6 Å². The van der Waals surface area contributed by atoms with Gasteiger partial charge in [0.15, 0.2) is 11.9 Å². The molecule has 2 amide bonds. The Morgan fingerprint density at radius 1 is 0.874 bits per heavy atom. The molecule has 6 aliphatic rings. The molecule has 504 valence electrons. The molecule has 1 saturated heterocycles. The molecule has 1 fully saturated rings. The third kappa shape index (κ3) is 13.0. The van der Waals surface area contributed by atoms with Crippen LogP contribution in [0.15, 0.2) is 85.2 Å². The number of nitrogens with two attached hydrogens (primary N) is 1. The number of rotatable bonds is 20. The van der Waals surface area contributed by atoms with Crippen molar-refractivity contribution in [2.45, 2.75) is 172 Å². The average molecular weight is 1340 g/mol. The predicted molar refractivity (Wildman–Crippen MR) is 354 cm³/mol. The van der Waals surface area contributed by atoms with Crippen LogP contribution in [0, 0.1) is 12.8 Å². The van der Waals surface area contributed by atoms with Crippen molar-refractivity contribution in [1.29, 1.82) is 0 Å². The first-order chi connectivity index (χ1) is 45.1. The van der Waals surface area contributed by atoms with Gasteiger partial charge in [0.05, 0.1) is 27.0 Å². The minimum absolute atomic E-state index is 0.0446. The molecule has 7 heterocycles. The van der Waals surface area contributed by atoms with Crippen LogP contribution in [0.4, 0.5) is 10.5 Å². The van der Waals surface area contributed by atoms with E-state index >= 15 is 0 Å². The summed E-state index contributed by atoms with van der Waals surface area (Å²) in [5.74, 6) is -0.558. The average Bonchev–Trinajstić information content (AvgIpc) is 0.708. The maximum atomic E-state index is 14.2. The zero-order valence-corrected chi connectivity index (χ0v) is 56.2. The first-order valence-corrected chi connectivity index (χ1v) is 35.6. The number of hydrogen-bond acceptors (Lipinski definition) is 17. The van der Waals surface area contributed by atoms with Crippen molar-refractivity contribution in [3.8, 4) is 28.7 Å². The first-order valence-electron chi connectivity index (χ1n) is 32.7. The van der Waals surface area contributed by atoms with E-state index in [0.29, 0.717) is 41.9 Å². The van der Waals surface area contributed by atoms with E-state index in [1.807, 2.05) is 19.9 Å². The monoisotopic (exact) mass is 1340 g/mol. The molecule has 0 saturated carbocycles. The van der Waals surface area contributed by atoms with Gasteiger partial charge in [-0.15, -0.1) is 0 Å². The van der Waals surface area contributed by atoms with Crippen molar-refractivity contribution < 1.29 is 74.5 Å². The van der Waals surface area contributed by atoms with Gasteiger partial charge in [-0.2, -0.15) is 8.42 Å². The van der Waals surface area contributed by atoms with Crippen molar-refractivity contribution in [2.24, 2.45) is 11.7 Å². The number of hydrogen-bond donors (Lipinski definition) is 6. The van der Waals surface area contributed by atoms with Gasteiger partial charge in [-0.05, 0) is 152 Å². The Balaban J connectivity index is 0.717. The van der Waals surface area contributed by atoms with E-state index in [4.69, 9.17) is 29.1 Å². The highest BCUT2D eigenvalue weighted by atomic mass is 32.2. The standard InChI is InChI=1S/C71H81N5O17S2/c1-38(2)20-21-43-31-44(54(77)36-53-62(80)50-24-25-55(39(3)64(50)91-68(53)82)89-69-63(81)65(92-70(72)83)40(4)71(5,6)93-69)32-45(61(43)79)37-74(7)57(78)19-9-8-10-26-73-94(84,85)46-22-23-47(56(35-46)95(86,87)88)58-51-33-41-15-11-27-75-29-13-17-48(59(41)75)66(51)90-67-49-18-14-30-76-28-12-16-42(60(49)76)34-52(58)67/h20,22-25,31-35,40,63,65,69,73,81H,8-19,21,26-30,36-37H2,1-7H3,(H4-,72,77,79,80,82,83,86,87,88)/p+1/t40-,63-,65-,69-/m1/s1. The van der Waals surface area contributed by atoms with Gasteiger partial charge in [0.1, 0.15) is 58.4 Å². The number of nitrogens with one attached hydrogen (secondary N) is 1. The predicted octanol–water partition coefficient (Wildman–Crippen LogP) is 7.60. The number of phenols is 1. The number of aliphatic hydroxyl groups is 1. The van der Waals surface area contributed by atoms with Gasteiger partial charge in [-0.3, -0.25) is 14.1 Å². The number of fused-ring (bicyclic) bond motifs is 5.